The molecular weight excluding hydrogens is 411 g/mol. The predicted molar refractivity (Wildman–Crippen MR) is 90.3 cm³/mol. The lowest BCUT2D eigenvalue weighted by molar-refractivity contribution is -0.289. The third kappa shape index (κ3) is 3.30. The van der Waals surface area contributed by atoms with Crippen LogP contribution in [0.2, 0.25) is 0 Å². The molecule has 10 heteroatoms. The van der Waals surface area contributed by atoms with Crippen molar-refractivity contribution in [3.63, 3.8) is 0 Å². The van der Waals surface area contributed by atoms with Crippen LogP contribution in [0.1, 0.15) is 11.1 Å². The molecule has 28 heavy (non-hydrogen) atoms. The number of pyridine rings is 1. The summed E-state index contributed by atoms with van der Waals surface area (Å²) >= 11 is 5.14. The molecule has 1 aliphatic heterocycles. The summed E-state index contributed by atoms with van der Waals surface area (Å²) in [6.07, 6.45) is -3.41. The molecule has 1 aliphatic rings. The molecule has 0 bridgehead atoms. The van der Waals surface area contributed by atoms with E-state index in [1.54, 1.807) is 6.07 Å². The van der Waals surface area contributed by atoms with Crippen molar-refractivity contribution >= 4 is 17.9 Å². The minimum absolute atomic E-state index is 0.0537. The van der Waals surface area contributed by atoms with Gasteiger partial charge in [0.25, 0.3) is 0 Å². The molecule has 2 heterocycles. The molecular formula is C18H12F7NOS. The standard InChI is InChI=1S/C18H12F7NOS/c19-9-16(10-20)8-13(26-6-2-1-3-15(26)28)12-7-11(4-5-14(12)27-16)17(21,22)18(23,24)25/h1-8H,9-10H2. The second kappa shape index (κ2) is 6.91. The maximum Gasteiger partial charge on any atom is 0.458 e. The molecule has 2 nitrogen and oxygen atoms in total. The first kappa shape index (κ1) is 20.4. The summed E-state index contributed by atoms with van der Waals surface area (Å²) < 4.78 is 99.6. The van der Waals surface area contributed by atoms with Gasteiger partial charge in [0.15, 0.2) is 5.60 Å². The van der Waals surface area contributed by atoms with Crippen LogP contribution in [0.15, 0.2) is 48.7 Å². The number of fused-ring (bicyclic) bond motifs is 1. The van der Waals surface area contributed by atoms with Gasteiger partial charge < -0.3 is 9.30 Å². The van der Waals surface area contributed by atoms with E-state index in [0.717, 1.165) is 12.1 Å². The van der Waals surface area contributed by atoms with E-state index in [1.807, 2.05) is 0 Å². The highest BCUT2D eigenvalue weighted by Crippen LogP contribution is 2.47. The van der Waals surface area contributed by atoms with Crippen molar-refractivity contribution in [1.82, 2.24) is 4.57 Å². The van der Waals surface area contributed by atoms with Crippen LogP contribution in [-0.4, -0.2) is 29.7 Å². The van der Waals surface area contributed by atoms with Crippen molar-refractivity contribution in [3.8, 4) is 5.75 Å². The Bertz CT molecular complexity index is 976. The van der Waals surface area contributed by atoms with E-state index >= 15 is 0 Å². The molecule has 0 aliphatic carbocycles. The van der Waals surface area contributed by atoms with Crippen molar-refractivity contribution in [3.05, 3.63) is 64.4 Å². The zero-order valence-corrected chi connectivity index (χ0v) is 14.8. The van der Waals surface area contributed by atoms with Gasteiger partial charge in [-0.2, -0.15) is 22.0 Å². The average molecular weight is 423 g/mol. The van der Waals surface area contributed by atoms with Crippen LogP contribution >= 0.6 is 12.2 Å². The van der Waals surface area contributed by atoms with Gasteiger partial charge in [-0.15, -0.1) is 0 Å². The lowest BCUT2D eigenvalue weighted by Gasteiger charge is -2.34. The molecule has 0 unspecified atom stereocenters. The number of hydrogen-bond donors (Lipinski definition) is 0. The third-order valence-corrected chi connectivity index (χ3v) is 4.55. The Morgan fingerprint density at radius 1 is 1.00 bits per heavy atom. The van der Waals surface area contributed by atoms with Crippen molar-refractivity contribution in [2.24, 2.45) is 0 Å². The Kier molecular flexibility index (Phi) is 5.03. The van der Waals surface area contributed by atoms with Gasteiger partial charge in [-0.1, -0.05) is 18.3 Å². The number of alkyl halides is 7. The smallest absolute Gasteiger partial charge is 0.458 e. The fourth-order valence-corrected chi connectivity index (χ4v) is 2.98. The highest BCUT2D eigenvalue weighted by molar-refractivity contribution is 7.71. The highest BCUT2D eigenvalue weighted by Gasteiger charge is 2.59. The van der Waals surface area contributed by atoms with Gasteiger partial charge in [0.1, 0.15) is 23.7 Å². The van der Waals surface area contributed by atoms with Crippen molar-refractivity contribution in [1.29, 1.82) is 0 Å². The first-order valence-corrected chi connectivity index (χ1v) is 8.27. The Hall–Kier alpha value is -2.36. The second-order valence-corrected chi connectivity index (χ2v) is 6.57. The zero-order chi connectivity index (χ0) is 20.7. The van der Waals surface area contributed by atoms with Crippen molar-refractivity contribution in [2.75, 3.05) is 13.3 Å². The second-order valence-electron chi connectivity index (χ2n) is 6.16. The van der Waals surface area contributed by atoms with E-state index in [9.17, 15) is 30.7 Å². The number of hydrogen-bond acceptors (Lipinski definition) is 2. The summed E-state index contributed by atoms with van der Waals surface area (Å²) in [5, 5.41) is 0. The fourth-order valence-electron chi connectivity index (χ4n) is 2.75. The summed E-state index contributed by atoms with van der Waals surface area (Å²) in [5.41, 5.74) is -3.62. The first-order chi connectivity index (χ1) is 13.0. The lowest BCUT2D eigenvalue weighted by Crippen LogP contribution is -2.42. The maximum atomic E-state index is 13.8. The van der Waals surface area contributed by atoms with Gasteiger partial charge in [-0.3, -0.25) is 0 Å². The van der Waals surface area contributed by atoms with Gasteiger partial charge in [-0.25, -0.2) is 8.78 Å². The maximum absolute atomic E-state index is 13.8. The minimum atomic E-state index is -5.81. The summed E-state index contributed by atoms with van der Waals surface area (Å²) in [4.78, 5) is 0. The topological polar surface area (TPSA) is 14.2 Å². The summed E-state index contributed by atoms with van der Waals surface area (Å²) in [7, 11) is 0. The van der Waals surface area contributed by atoms with Crippen LogP contribution in [0.25, 0.3) is 5.70 Å². The first-order valence-electron chi connectivity index (χ1n) is 7.86. The van der Waals surface area contributed by atoms with Crippen LogP contribution in [0.3, 0.4) is 0 Å². The van der Waals surface area contributed by atoms with Gasteiger partial charge in [0.2, 0.25) is 0 Å². The molecule has 0 N–H and O–H groups in total. The number of ether oxygens (including phenoxy) is 1. The Morgan fingerprint density at radius 3 is 2.25 bits per heavy atom. The zero-order valence-electron chi connectivity index (χ0n) is 13.9. The van der Waals surface area contributed by atoms with Gasteiger partial charge in [-0.05, 0) is 36.4 Å². The van der Waals surface area contributed by atoms with Gasteiger partial charge in [0, 0.05) is 17.3 Å². The van der Waals surface area contributed by atoms with E-state index < -0.39 is 36.6 Å². The number of nitrogens with zero attached hydrogens (tertiary/aromatic N) is 1. The quantitative estimate of drug-likeness (QED) is 0.454. The molecule has 0 amide bonds. The van der Waals surface area contributed by atoms with Gasteiger partial charge in [0.05, 0.1) is 5.70 Å². The number of halogens is 7. The molecule has 0 saturated carbocycles. The van der Waals surface area contributed by atoms with Crippen LogP contribution in [0.5, 0.6) is 5.75 Å². The molecule has 0 fully saturated rings. The molecule has 3 rings (SSSR count). The summed E-state index contributed by atoms with van der Waals surface area (Å²) in [6.45, 7) is -2.57. The monoisotopic (exact) mass is 423 g/mol. The van der Waals surface area contributed by atoms with Crippen LogP contribution in [-0.2, 0) is 5.92 Å². The van der Waals surface area contributed by atoms with E-state index in [2.05, 4.69) is 0 Å². The molecule has 0 spiro atoms. The summed E-state index contributed by atoms with van der Waals surface area (Å²) in [5.74, 6) is -5.36. The van der Waals surface area contributed by atoms with E-state index in [-0.39, 0.29) is 21.7 Å². The van der Waals surface area contributed by atoms with Crippen LogP contribution in [0, 0.1) is 4.64 Å². The van der Waals surface area contributed by atoms with Crippen molar-refractivity contribution < 1.29 is 35.5 Å². The third-order valence-electron chi connectivity index (χ3n) is 4.22. The van der Waals surface area contributed by atoms with Crippen LogP contribution < -0.4 is 4.74 Å². The highest BCUT2D eigenvalue weighted by atomic mass is 32.1. The van der Waals surface area contributed by atoms with Gasteiger partial charge >= 0.3 is 12.1 Å². The van der Waals surface area contributed by atoms with Crippen molar-refractivity contribution in [2.45, 2.75) is 17.7 Å². The Morgan fingerprint density at radius 2 is 1.68 bits per heavy atom. The average Bonchev–Trinajstić information content (AvgIpc) is 2.66. The minimum Gasteiger partial charge on any atom is -0.477 e. The summed E-state index contributed by atoms with van der Waals surface area (Å²) in [6, 6.07) is 6.50. The van der Waals surface area contributed by atoms with E-state index in [1.165, 1.54) is 22.9 Å². The number of aromatic nitrogens is 1. The fraction of sp³-hybridized carbons (Fsp3) is 0.278. The Labute approximate surface area is 159 Å². The number of benzene rings is 1. The van der Waals surface area contributed by atoms with Crippen LogP contribution in [0.4, 0.5) is 30.7 Å². The lowest BCUT2D eigenvalue weighted by atomic mass is 9.95. The normalized spacial score (nSPS) is 16.2. The molecule has 1 aromatic carbocycles. The molecule has 0 saturated heterocycles. The molecule has 2 aromatic rings. The molecule has 1 aromatic heterocycles. The number of rotatable bonds is 4. The van der Waals surface area contributed by atoms with E-state index in [4.69, 9.17) is 17.0 Å². The predicted octanol–water partition coefficient (Wildman–Crippen LogP) is 5.83. The Balaban J connectivity index is 2.26. The SMILES string of the molecule is FCC1(CF)C=C(n2ccccc2=S)c2cc(C(F)(F)C(F)(F)F)ccc2O1. The molecule has 0 radical (unpaired) electrons. The largest absolute Gasteiger partial charge is 0.477 e. The molecule has 0 atom stereocenters. The molecule has 150 valence electrons. The van der Waals surface area contributed by atoms with E-state index in [0.29, 0.717) is 12.1 Å².